The van der Waals surface area contributed by atoms with E-state index >= 15 is 0 Å². The van der Waals surface area contributed by atoms with Crippen molar-refractivity contribution < 1.29 is 13.6 Å². The van der Waals surface area contributed by atoms with Gasteiger partial charge in [0.05, 0.1) is 18.3 Å². The van der Waals surface area contributed by atoms with Crippen molar-refractivity contribution in [3.05, 3.63) is 113 Å². The molecule has 8 heteroatoms. The maximum absolute atomic E-state index is 13.6. The lowest BCUT2D eigenvalue weighted by molar-refractivity contribution is -0.115. The minimum Gasteiger partial charge on any atom is -0.320 e. The van der Waals surface area contributed by atoms with Crippen molar-refractivity contribution >= 4 is 22.5 Å². The number of carbonyl (C=O) groups is 1. The number of carbonyl (C=O) groups excluding carboxylic acids is 1. The summed E-state index contributed by atoms with van der Waals surface area (Å²) in [6.07, 6.45) is 3.44. The van der Waals surface area contributed by atoms with Gasteiger partial charge >= 0.3 is 0 Å². The van der Waals surface area contributed by atoms with E-state index in [4.69, 9.17) is 0 Å². The number of aromatic nitrogens is 3. The third-order valence-electron chi connectivity index (χ3n) is 6.00. The van der Waals surface area contributed by atoms with Crippen LogP contribution in [0.2, 0.25) is 0 Å². The second-order valence-electron chi connectivity index (χ2n) is 8.31. The number of benzene rings is 3. The van der Waals surface area contributed by atoms with Crippen molar-refractivity contribution in [2.45, 2.75) is 19.9 Å². The summed E-state index contributed by atoms with van der Waals surface area (Å²) in [5.74, 6) is -0.657. The molecule has 0 aliphatic carbocycles. The average Bonchev–Trinajstić information content (AvgIpc) is 3.32. The molecule has 5 rings (SSSR count). The second kappa shape index (κ2) is 9.58. The predicted octanol–water partition coefficient (Wildman–Crippen LogP) is 5.53. The van der Waals surface area contributed by atoms with Gasteiger partial charge in [0.1, 0.15) is 23.1 Å². The van der Waals surface area contributed by atoms with Crippen LogP contribution in [0.4, 0.5) is 14.5 Å². The number of hydrogen-bond donors (Lipinski definition) is 1. The first-order valence-corrected chi connectivity index (χ1v) is 11.4. The highest BCUT2D eigenvalue weighted by Crippen LogP contribution is 2.26. The Morgan fingerprint density at radius 1 is 0.944 bits per heavy atom. The van der Waals surface area contributed by atoms with Gasteiger partial charge in [0.15, 0.2) is 0 Å². The zero-order valence-corrected chi connectivity index (χ0v) is 19.4. The first kappa shape index (κ1) is 23.2. The summed E-state index contributed by atoms with van der Waals surface area (Å²) in [7, 11) is 0. The topological polar surface area (TPSA) is 68.9 Å². The maximum atomic E-state index is 13.6. The fourth-order valence-electron chi connectivity index (χ4n) is 4.16. The van der Waals surface area contributed by atoms with E-state index in [0.717, 1.165) is 22.2 Å². The largest absolute Gasteiger partial charge is 0.320 e. The fraction of sp³-hybridized carbons (Fsp3) is 0.107. The quantitative estimate of drug-likeness (QED) is 0.345. The van der Waals surface area contributed by atoms with Crippen molar-refractivity contribution in [3.8, 4) is 17.1 Å². The molecule has 0 aliphatic rings. The molecule has 1 amide bonds. The highest BCUT2D eigenvalue weighted by Gasteiger charge is 2.16. The Hall–Kier alpha value is -4.59. The van der Waals surface area contributed by atoms with E-state index in [2.05, 4.69) is 10.3 Å². The van der Waals surface area contributed by atoms with Crippen LogP contribution in [-0.4, -0.2) is 20.0 Å². The Balaban J connectivity index is 1.63. The summed E-state index contributed by atoms with van der Waals surface area (Å²) in [5, 5.41) is 3.52. The van der Waals surface area contributed by atoms with Gasteiger partial charge in [-0.15, -0.1) is 0 Å². The monoisotopic (exact) mass is 484 g/mol. The lowest BCUT2D eigenvalue weighted by Gasteiger charge is -2.15. The molecular formula is C28H22F2N4O2. The Morgan fingerprint density at radius 3 is 2.33 bits per heavy atom. The molecule has 0 fully saturated rings. The Labute approximate surface area is 205 Å². The molecule has 0 spiro atoms. The molecule has 2 heterocycles. The van der Waals surface area contributed by atoms with E-state index in [9.17, 15) is 18.4 Å². The number of anilines is 1. The molecule has 36 heavy (non-hydrogen) atoms. The molecule has 0 bridgehead atoms. The van der Waals surface area contributed by atoms with Crippen molar-refractivity contribution in [2.75, 3.05) is 5.32 Å². The van der Waals surface area contributed by atoms with Crippen LogP contribution in [0.5, 0.6) is 0 Å². The molecule has 3 aromatic carbocycles. The molecule has 0 saturated carbocycles. The third kappa shape index (κ3) is 4.40. The lowest BCUT2D eigenvalue weighted by Crippen LogP contribution is -2.28. The molecule has 0 aliphatic heterocycles. The summed E-state index contributed by atoms with van der Waals surface area (Å²) in [6, 6.07) is 19.6. The Kier molecular flexibility index (Phi) is 6.16. The average molecular weight is 485 g/mol. The lowest BCUT2D eigenvalue weighted by atomic mass is 10.1. The van der Waals surface area contributed by atoms with Gasteiger partial charge in [-0.1, -0.05) is 19.1 Å². The van der Waals surface area contributed by atoms with Gasteiger partial charge in [-0.3, -0.25) is 14.2 Å². The van der Waals surface area contributed by atoms with Crippen LogP contribution in [-0.2, 0) is 11.3 Å². The summed E-state index contributed by atoms with van der Waals surface area (Å²) in [4.78, 5) is 29.9. The highest BCUT2D eigenvalue weighted by molar-refractivity contribution is 5.90. The van der Waals surface area contributed by atoms with Crippen molar-refractivity contribution in [1.82, 2.24) is 14.1 Å². The second-order valence-corrected chi connectivity index (χ2v) is 8.31. The van der Waals surface area contributed by atoms with E-state index < -0.39 is 11.4 Å². The van der Waals surface area contributed by atoms with Crippen LogP contribution in [0, 0.1) is 11.6 Å². The number of nitrogens with one attached hydrogen (secondary N) is 1. The van der Waals surface area contributed by atoms with Crippen LogP contribution >= 0.6 is 0 Å². The van der Waals surface area contributed by atoms with Crippen molar-refractivity contribution in [2.24, 2.45) is 0 Å². The van der Waals surface area contributed by atoms with E-state index in [1.165, 1.54) is 35.0 Å². The van der Waals surface area contributed by atoms with Gasteiger partial charge in [0.25, 0.3) is 5.56 Å². The van der Waals surface area contributed by atoms with Gasteiger partial charge in [0, 0.05) is 29.3 Å². The van der Waals surface area contributed by atoms with Crippen molar-refractivity contribution in [3.63, 3.8) is 0 Å². The molecule has 0 radical (unpaired) electrons. The highest BCUT2D eigenvalue weighted by atomic mass is 19.1. The SMILES string of the molecule is CCC(=O)Nc1cnc(-c2ccc(F)cc2)n(Cc2cccc3c2ccn3-c2ccc(F)cc2)c1=O. The van der Waals surface area contributed by atoms with Gasteiger partial charge < -0.3 is 9.88 Å². The predicted molar refractivity (Wildman–Crippen MR) is 135 cm³/mol. The third-order valence-corrected chi connectivity index (χ3v) is 6.00. The first-order chi connectivity index (χ1) is 17.4. The number of rotatable bonds is 6. The zero-order chi connectivity index (χ0) is 25.2. The smallest absolute Gasteiger partial charge is 0.277 e. The summed E-state index contributed by atoms with van der Waals surface area (Å²) in [6.45, 7) is 1.86. The molecule has 2 aromatic heterocycles. The minimum atomic E-state index is -0.416. The molecule has 0 atom stereocenters. The molecule has 6 nitrogen and oxygen atoms in total. The van der Waals surface area contributed by atoms with Crippen LogP contribution in [0.25, 0.3) is 28.0 Å². The molecule has 180 valence electrons. The molecular weight excluding hydrogens is 462 g/mol. The van der Waals surface area contributed by atoms with Gasteiger partial charge in [-0.25, -0.2) is 13.8 Å². The van der Waals surface area contributed by atoms with E-state index in [-0.39, 0.29) is 30.4 Å². The zero-order valence-electron chi connectivity index (χ0n) is 19.4. The van der Waals surface area contributed by atoms with Gasteiger partial charge in [0.2, 0.25) is 5.91 Å². The standard InChI is InChI=1S/C28H22F2N4O2/c1-2-26(35)32-24-16-31-27(18-6-8-20(29)9-7-18)34(28(24)36)17-19-4-3-5-25-23(19)14-15-33(25)22-12-10-21(30)11-13-22/h3-16H,2,17H2,1H3,(H,32,35). The van der Waals surface area contributed by atoms with Crippen LogP contribution in [0.3, 0.4) is 0 Å². The van der Waals surface area contributed by atoms with Gasteiger partial charge in [-0.05, 0) is 66.2 Å². The van der Waals surface area contributed by atoms with Gasteiger partial charge in [-0.2, -0.15) is 0 Å². The first-order valence-electron chi connectivity index (χ1n) is 11.4. The van der Waals surface area contributed by atoms with Crippen LogP contribution in [0.15, 0.2) is 90.0 Å². The normalized spacial score (nSPS) is 11.1. The van der Waals surface area contributed by atoms with Crippen LogP contribution < -0.4 is 10.9 Å². The molecule has 5 aromatic rings. The molecule has 1 N–H and O–H groups in total. The van der Waals surface area contributed by atoms with Crippen LogP contribution in [0.1, 0.15) is 18.9 Å². The number of amides is 1. The van der Waals surface area contributed by atoms with Crippen molar-refractivity contribution in [1.29, 1.82) is 0 Å². The summed E-state index contributed by atoms with van der Waals surface area (Å²) < 4.78 is 30.4. The number of halogens is 2. The summed E-state index contributed by atoms with van der Waals surface area (Å²) >= 11 is 0. The fourth-order valence-corrected chi connectivity index (χ4v) is 4.16. The van der Waals surface area contributed by atoms with E-state index in [0.29, 0.717) is 11.4 Å². The number of fused-ring (bicyclic) bond motifs is 1. The maximum Gasteiger partial charge on any atom is 0.277 e. The van der Waals surface area contributed by atoms with E-state index in [1.807, 2.05) is 35.0 Å². The Morgan fingerprint density at radius 2 is 1.64 bits per heavy atom. The summed E-state index contributed by atoms with van der Waals surface area (Å²) in [5.41, 5.74) is 2.76. The molecule has 0 saturated heterocycles. The Bertz CT molecular complexity index is 1620. The van der Waals surface area contributed by atoms with E-state index in [1.54, 1.807) is 31.2 Å². The number of hydrogen-bond acceptors (Lipinski definition) is 3. The number of nitrogens with zero attached hydrogens (tertiary/aromatic N) is 3. The minimum absolute atomic E-state index is 0.0729. The molecule has 0 unspecified atom stereocenters.